The molecule has 1 aliphatic rings. The first-order valence-electron chi connectivity index (χ1n) is 8.23. The highest BCUT2D eigenvalue weighted by molar-refractivity contribution is 5.44. The van der Waals surface area contributed by atoms with E-state index in [-0.39, 0.29) is 0 Å². The molecule has 0 bridgehead atoms. The fourth-order valence-corrected chi connectivity index (χ4v) is 2.62. The van der Waals surface area contributed by atoms with Gasteiger partial charge in [-0.1, -0.05) is 6.92 Å². The number of nitrogens with one attached hydrogen (secondary N) is 1. The lowest BCUT2D eigenvalue weighted by atomic mass is 10.3. The summed E-state index contributed by atoms with van der Waals surface area (Å²) in [7, 11) is 0. The van der Waals surface area contributed by atoms with Gasteiger partial charge >= 0.3 is 0 Å². The highest BCUT2D eigenvalue weighted by Gasteiger charge is 2.15. The molecule has 0 amide bonds. The summed E-state index contributed by atoms with van der Waals surface area (Å²) in [5.41, 5.74) is 2.20. The fraction of sp³-hybridized carbons (Fsp3) is 0.562. The molecular weight excluding hydrogens is 292 g/mol. The largest absolute Gasteiger partial charge is 0.378 e. The number of aryl methyl sites for hydroxylation is 2. The minimum Gasteiger partial charge on any atom is -0.378 e. The Kier molecular flexibility index (Phi) is 5.07. The Hall–Kier alpha value is -2.15. The number of imidazole rings is 1. The van der Waals surface area contributed by atoms with Crippen LogP contribution in [0.5, 0.6) is 0 Å². The SMILES string of the molecule is CCc1cc(NCc2cncn2CC)nc(N2CCOCC2)n1. The van der Waals surface area contributed by atoms with Crippen LogP contribution in [0.4, 0.5) is 11.8 Å². The van der Waals surface area contributed by atoms with Crippen LogP contribution in [0.25, 0.3) is 0 Å². The molecule has 3 heterocycles. The van der Waals surface area contributed by atoms with Crippen LogP contribution in [-0.4, -0.2) is 45.8 Å². The molecule has 2 aromatic rings. The average molecular weight is 316 g/mol. The number of morpholine rings is 1. The van der Waals surface area contributed by atoms with Gasteiger partial charge in [-0.25, -0.2) is 9.97 Å². The Labute approximate surface area is 136 Å². The predicted octanol–water partition coefficient (Wildman–Crippen LogP) is 1.70. The second kappa shape index (κ2) is 7.41. The number of rotatable bonds is 6. The summed E-state index contributed by atoms with van der Waals surface area (Å²) in [4.78, 5) is 15.7. The third-order valence-corrected chi connectivity index (χ3v) is 4.01. The Morgan fingerprint density at radius 2 is 2.04 bits per heavy atom. The van der Waals surface area contributed by atoms with E-state index in [1.54, 1.807) is 0 Å². The molecule has 0 aromatic carbocycles. The quantitative estimate of drug-likeness (QED) is 0.875. The van der Waals surface area contributed by atoms with Gasteiger partial charge in [0.1, 0.15) is 5.82 Å². The van der Waals surface area contributed by atoms with Crippen LogP contribution in [0, 0.1) is 0 Å². The number of anilines is 2. The van der Waals surface area contributed by atoms with E-state index in [1.165, 1.54) is 0 Å². The molecule has 0 spiro atoms. The molecule has 7 nitrogen and oxygen atoms in total. The zero-order chi connectivity index (χ0) is 16.1. The van der Waals surface area contributed by atoms with Crippen molar-refractivity contribution in [3.8, 4) is 0 Å². The topological polar surface area (TPSA) is 68.1 Å². The second-order valence-electron chi connectivity index (χ2n) is 5.52. The van der Waals surface area contributed by atoms with Crippen molar-refractivity contribution in [2.45, 2.75) is 33.4 Å². The summed E-state index contributed by atoms with van der Waals surface area (Å²) < 4.78 is 7.53. The fourth-order valence-electron chi connectivity index (χ4n) is 2.62. The van der Waals surface area contributed by atoms with Crippen molar-refractivity contribution < 1.29 is 4.74 Å². The number of nitrogens with zero attached hydrogens (tertiary/aromatic N) is 5. The molecule has 124 valence electrons. The van der Waals surface area contributed by atoms with Crippen LogP contribution in [0.3, 0.4) is 0 Å². The van der Waals surface area contributed by atoms with Gasteiger partial charge in [-0.2, -0.15) is 4.98 Å². The Morgan fingerprint density at radius 1 is 1.22 bits per heavy atom. The van der Waals surface area contributed by atoms with Gasteiger partial charge in [-0.3, -0.25) is 0 Å². The summed E-state index contributed by atoms with van der Waals surface area (Å²) in [6.45, 7) is 9.00. The summed E-state index contributed by atoms with van der Waals surface area (Å²) in [5.74, 6) is 1.65. The highest BCUT2D eigenvalue weighted by atomic mass is 16.5. The van der Waals surface area contributed by atoms with Crippen molar-refractivity contribution in [1.29, 1.82) is 0 Å². The molecule has 0 aliphatic carbocycles. The smallest absolute Gasteiger partial charge is 0.227 e. The van der Waals surface area contributed by atoms with E-state index < -0.39 is 0 Å². The molecule has 1 N–H and O–H groups in total. The van der Waals surface area contributed by atoms with Gasteiger partial charge < -0.3 is 19.5 Å². The number of hydrogen-bond donors (Lipinski definition) is 1. The first-order chi connectivity index (χ1) is 11.3. The monoisotopic (exact) mass is 316 g/mol. The minimum absolute atomic E-state index is 0.705. The van der Waals surface area contributed by atoms with Crippen LogP contribution in [-0.2, 0) is 24.2 Å². The van der Waals surface area contributed by atoms with Crippen LogP contribution in [0.15, 0.2) is 18.6 Å². The van der Waals surface area contributed by atoms with Crippen molar-refractivity contribution in [3.05, 3.63) is 30.0 Å². The average Bonchev–Trinajstić information content (AvgIpc) is 3.08. The Morgan fingerprint density at radius 3 is 2.78 bits per heavy atom. The van der Waals surface area contributed by atoms with E-state index in [0.717, 1.165) is 62.4 Å². The lowest BCUT2D eigenvalue weighted by molar-refractivity contribution is 0.122. The van der Waals surface area contributed by atoms with Gasteiger partial charge in [0, 0.05) is 37.6 Å². The third-order valence-electron chi connectivity index (χ3n) is 4.01. The first-order valence-corrected chi connectivity index (χ1v) is 8.23. The van der Waals surface area contributed by atoms with Crippen LogP contribution in [0.1, 0.15) is 25.2 Å². The number of hydrogen-bond acceptors (Lipinski definition) is 6. The molecule has 1 saturated heterocycles. The highest BCUT2D eigenvalue weighted by Crippen LogP contribution is 2.16. The molecule has 23 heavy (non-hydrogen) atoms. The molecule has 0 atom stereocenters. The van der Waals surface area contributed by atoms with Crippen LogP contribution >= 0.6 is 0 Å². The van der Waals surface area contributed by atoms with Gasteiger partial charge in [0.05, 0.1) is 31.8 Å². The minimum atomic E-state index is 0.705. The van der Waals surface area contributed by atoms with E-state index >= 15 is 0 Å². The molecule has 2 aromatic heterocycles. The summed E-state index contributed by atoms with van der Waals surface area (Å²) in [6.07, 6.45) is 4.64. The van der Waals surface area contributed by atoms with Gasteiger partial charge in [-0.05, 0) is 13.3 Å². The first kappa shape index (κ1) is 15.7. The molecular formula is C16H24N6O. The molecule has 0 radical (unpaired) electrons. The molecule has 0 saturated carbocycles. The third kappa shape index (κ3) is 3.79. The maximum atomic E-state index is 5.41. The number of ether oxygens (including phenoxy) is 1. The van der Waals surface area contributed by atoms with Crippen LogP contribution < -0.4 is 10.2 Å². The van der Waals surface area contributed by atoms with Gasteiger partial charge in [0.15, 0.2) is 0 Å². The zero-order valence-corrected chi connectivity index (χ0v) is 13.8. The molecule has 1 aliphatic heterocycles. The standard InChI is InChI=1S/C16H24N6O/c1-3-13-9-15(18-11-14-10-17-12-21(14)4-2)20-16(19-13)22-5-7-23-8-6-22/h9-10,12H,3-8,11H2,1-2H3,(H,18,19,20). The maximum absolute atomic E-state index is 5.41. The zero-order valence-electron chi connectivity index (χ0n) is 13.8. The Bertz CT molecular complexity index is 635. The molecule has 7 heteroatoms. The number of aromatic nitrogens is 4. The lowest BCUT2D eigenvalue weighted by Gasteiger charge is -2.27. The van der Waals surface area contributed by atoms with Crippen LogP contribution in [0.2, 0.25) is 0 Å². The van der Waals surface area contributed by atoms with Gasteiger partial charge in [0.2, 0.25) is 5.95 Å². The second-order valence-corrected chi connectivity index (χ2v) is 5.52. The molecule has 1 fully saturated rings. The van der Waals surface area contributed by atoms with E-state index in [1.807, 2.05) is 18.6 Å². The molecule has 3 rings (SSSR count). The van der Waals surface area contributed by atoms with Crippen molar-refractivity contribution in [2.75, 3.05) is 36.5 Å². The lowest BCUT2D eigenvalue weighted by Crippen LogP contribution is -2.37. The van der Waals surface area contributed by atoms with Crippen molar-refractivity contribution in [2.24, 2.45) is 0 Å². The summed E-state index contributed by atoms with van der Waals surface area (Å²) in [5, 5.41) is 3.41. The van der Waals surface area contributed by atoms with Crippen molar-refractivity contribution in [3.63, 3.8) is 0 Å². The van der Waals surface area contributed by atoms with E-state index in [2.05, 4.69) is 43.6 Å². The predicted molar refractivity (Wildman–Crippen MR) is 89.7 cm³/mol. The summed E-state index contributed by atoms with van der Waals surface area (Å²) >= 11 is 0. The molecule has 0 unspecified atom stereocenters. The van der Waals surface area contributed by atoms with E-state index in [4.69, 9.17) is 4.74 Å². The maximum Gasteiger partial charge on any atom is 0.227 e. The van der Waals surface area contributed by atoms with Gasteiger partial charge in [0.25, 0.3) is 0 Å². The van der Waals surface area contributed by atoms with Gasteiger partial charge in [-0.15, -0.1) is 0 Å². The van der Waals surface area contributed by atoms with E-state index in [0.29, 0.717) is 6.54 Å². The van der Waals surface area contributed by atoms with Crippen molar-refractivity contribution in [1.82, 2.24) is 19.5 Å². The van der Waals surface area contributed by atoms with Crippen molar-refractivity contribution >= 4 is 11.8 Å². The van der Waals surface area contributed by atoms with E-state index in [9.17, 15) is 0 Å². The normalized spacial score (nSPS) is 15.0. The Balaban J connectivity index is 1.75. The summed E-state index contributed by atoms with van der Waals surface area (Å²) in [6, 6.07) is 2.02.